The zero-order chi connectivity index (χ0) is 29.7. The molecule has 5 rings (SSSR count). The average Bonchev–Trinajstić information content (AvgIpc) is 3.45. The number of carbonyl (C=O) groups is 2. The van der Waals surface area contributed by atoms with Crippen LogP contribution in [-0.2, 0) is 25.4 Å². The molecule has 1 aliphatic carbocycles. The number of ether oxygens (including phenoxy) is 4. The van der Waals surface area contributed by atoms with Gasteiger partial charge in [-0.3, -0.25) is 4.79 Å². The minimum atomic E-state index is -1.38. The molecular formula is C33H34FNO7. The molecule has 3 aromatic carbocycles. The zero-order valence-electron chi connectivity index (χ0n) is 23.5. The number of benzene rings is 3. The molecule has 1 fully saturated rings. The van der Waals surface area contributed by atoms with Crippen molar-refractivity contribution in [3.63, 3.8) is 0 Å². The Hall–Kier alpha value is -4.05. The Balaban J connectivity index is 1.44. The van der Waals surface area contributed by atoms with E-state index < -0.39 is 36.2 Å². The summed E-state index contributed by atoms with van der Waals surface area (Å²) < 4.78 is 38.5. The molecule has 2 aliphatic rings. The molecule has 8 nitrogen and oxygen atoms in total. The highest BCUT2D eigenvalue weighted by atomic mass is 19.1. The molecule has 3 aromatic rings. The minimum absolute atomic E-state index is 0.141. The number of aliphatic hydroxyl groups excluding tert-OH is 1. The van der Waals surface area contributed by atoms with Crippen LogP contribution in [0.5, 0.6) is 5.75 Å². The normalized spacial score (nSPS) is 22.6. The van der Waals surface area contributed by atoms with Gasteiger partial charge in [-0.05, 0) is 72.4 Å². The first-order valence-electron chi connectivity index (χ1n) is 13.9. The van der Waals surface area contributed by atoms with Gasteiger partial charge in [0.25, 0.3) is 0 Å². The number of carbonyl (C=O) groups excluding carboxylic acids is 2. The van der Waals surface area contributed by atoms with Crippen molar-refractivity contribution in [1.29, 1.82) is 0 Å². The molecular weight excluding hydrogens is 541 g/mol. The summed E-state index contributed by atoms with van der Waals surface area (Å²) in [4.78, 5) is 24.4. The SMILES string of the molecule is CO[C@@H]1[C@@H](OC(=O)c2ccccc2)[C@@H](O)C(Oc2ccc(CCNC(C)=O)c(-c3cccc(F)c3)c2)OC12CC=CC2. The summed E-state index contributed by atoms with van der Waals surface area (Å²) in [6.45, 7) is 1.86. The lowest BCUT2D eigenvalue weighted by Crippen LogP contribution is -2.66. The summed E-state index contributed by atoms with van der Waals surface area (Å²) in [6.07, 6.45) is 0.973. The third-order valence-electron chi connectivity index (χ3n) is 7.62. The topological polar surface area (TPSA) is 103 Å². The molecule has 1 saturated heterocycles. The molecule has 2 N–H and O–H groups in total. The molecule has 1 heterocycles. The summed E-state index contributed by atoms with van der Waals surface area (Å²) in [6, 6.07) is 20.1. The summed E-state index contributed by atoms with van der Waals surface area (Å²) in [5.74, 6) is -0.757. The summed E-state index contributed by atoms with van der Waals surface area (Å²) >= 11 is 0. The second kappa shape index (κ2) is 12.9. The van der Waals surface area contributed by atoms with Crippen molar-refractivity contribution in [3.05, 3.63) is 102 Å². The molecule has 1 aliphatic heterocycles. The molecule has 4 atom stereocenters. The highest BCUT2D eigenvalue weighted by molar-refractivity contribution is 5.89. The molecule has 0 bridgehead atoms. The van der Waals surface area contributed by atoms with Crippen molar-refractivity contribution in [2.75, 3.05) is 13.7 Å². The van der Waals surface area contributed by atoms with Crippen molar-refractivity contribution < 1.29 is 38.0 Å². The van der Waals surface area contributed by atoms with Gasteiger partial charge in [-0.15, -0.1) is 0 Å². The lowest BCUT2D eigenvalue weighted by atomic mass is 9.84. The van der Waals surface area contributed by atoms with Gasteiger partial charge in [-0.2, -0.15) is 0 Å². The van der Waals surface area contributed by atoms with E-state index >= 15 is 0 Å². The van der Waals surface area contributed by atoms with Crippen LogP contribution in [0.4, 0.5) is 4.39 Å². The Morgan fingerprint density at radius 2 is 1.81 bits per heavy atom. The van der Waals surface area contributed by atoms with Crippen LogP contribution in [0.3, 0.4) is 0 Å². The third kappa shape index (κ3) is 6.38. The first-order chi connectivity index (χ1) is 20.3. The highest BCUT2D eigenvalue weighted by Gasteiger charge is 2.57. The van der Waals surface area contributed by atoms with E-state index in [1.165, 1.54) is 26.2 Å². The summed E-state index contributed by atoms with van der Waals surface area (Å²) in [7, 11) is 1.50. The number of methoxy groups -OCH3 is 1. The fourth-order valence-corrected chi connectivity index (χ4v) is 5.60. The maximum Gasteiger partial charge on any atom is 0.338 e. The molecule has 1 spiro atoms. The van der Waals surface area contributed by atoms with Gasteiger partial charge in [0.05, 0.1) is 5.56 Å². The largest absolute Gasteiger partial charge is 0.462 e. The predicted octanol–water partition coefficient (Wildman–Crippen LogP) is 4.60. The Bertz CT molecular complexity index is 1440. The fourth-order valence-electron chi connectivity index (χ4n) is 5.60. The smallest absolute Gasteiger partial charge is 0.338 e. The van der Waals surface area contributed by atoms with E-state index in [4.69, 9.17) is 18.9 Å². The van der Waals surface area contributed by atoms with Crippen molar-refractivity contribution in [3.8, 4) is 16.9 Å². The Labute approximate surface area is 244 Å². The maximum atomic E-state index is 14.2. The van der Waals surface area contributed by atoms with Gasteiger partial charge < -0.3 is 29.4 Å². The molecule has 0 saturated carbocycles. The van der Waals surface area contributed by atoms with Gasteiger partial charge >= 0.3 is 5.97 Å². The second-order valence-corrected chi connectivity index (χ2v) is 10.5. The van der Waals surface area contributed by atoms with Crippen LogP contribution in [0.15, 0.2) is 84.9 Å². The van der Waals surface area contributed by atoms with Crippen molar-refractivity contribution >= 4 is 11.9 Å². The van der Waals surface area contributed by atoms with Crippen molar-refractivity contribution in [2.45, 2.75) is 56.4 Å². The van der Waals surface area contributed by atoms with E-state index in [9.17, 15) is 19.1 Å². The van der Waals surface area contributed by atoms with Gasteiger partial charge in [0.2, 0.25) is 12.2 Å². The second-order valence-electron chi connectivity index (χ2n) is 10.5. The average molecular weight is 576 g/mol. The number of amides is 1. The van der Waals surface area contributed by atoms with Crippen LogP contribution >= 0.6 is 0 Å². The van der Waals surface area contributed by atoms with Gasteiger partial charge in [-0.1, -0.05) is 48.6 Å². The van der Waals surface area contributed by atoms with E-state index in [0.29, 0.717) is 48.2 Å². The lowest BCUT2D eigenvalue weighted by Gasteiger charge is -2.49. The number of aliphatic hydroxyl groups is 1. The van der Waals surface area contributed by atoms with Gasteiger partial charge in [0.15, 0.2) is 12.2 Å². The Morgan fingerprint density at radius 3 is 2.50 bits per heavy atom. The number of esters is 1. The van der Waals surface area contributed by atoms with Crippen LogP contribution in [-0.4, -0.2) is 60.8 Å². The summed E-state index contributed by atoms with van der Waals surface area (Å²) in [5.41, 5.74) is 1.65. The van der Waals surface area contributed by atoms with Crippen LogP contribution in [0, 0.1) is 5.82 Å². The lowest BCUT2D eigenvalue weighted by molar-refractivity contribution is -0.311. The van der Waals surface area contributed by atoms with Crippen molar-refractivity contribution in [2.24, 2.45) is 0 Å². The maximum absolute atomic E-state index is 14.2. The molecule has 42 heavy (non-hydrogen) atoms. The number of halogens is 1. The van der Waals surface area contributed by atoms with Crippen molar-refractivity contribution in [1.82, 2.24) is 5.32 Å². The Morgan fingerprint density at radius 1 is 1.05 bits per heavy atom. The van der Waals surface area contributed by atoms with E-state index in [1.807, 2.05) is 18.2 Å². The standard InChI is InChI=1S/C33H34FNO7/c1-21(36)35-18-15-22-13-14-26(20-27(22)24-11-8-12-25(34)19-24)40-32-28(37)29(41-31(38)23-9-4-3-5-10-23)30(39-2)33(42-32)16-6-7-17-33/h3-14,19-20,28-30,32,37H,15-18H2,1-2H3,(H,35,36)/t28-,29+,30-,32?/m1/s1. The van der Waals surface area contributed by atoms with Crippen LogP contribution in [0.25, 0.3) is 11.1 Å². The van der Waals surface area contributed by atoms with E-state index in [-0.39, 0.29) is 11.7 Å². The minimum Gasteiger partial charge on any atom is -0.462 e. The van der Waals surface area contributed by atoms with Gasteiger partial charge in [-0.25, -0.2) is 9.18 Å². The van der Waals surface area contributed by atoms with Crippen LogP contribution < -0.4 is 10.1 Å². The number of rotatable bonds is 9. The van der Waals surface area contributed by atoms with Crippen LogP contribution in [0.2, 0.25) is 0 Å². The first kappa shape index (κ1) is 29.4. The predicted molar refractivity (Wildman–Crippen MR) is 153 cm³/mol. The van der Waals surface area contributed by atoms with Crippen LogP contribution in [0.1, 0.15) is 35.7 Å². The van der Waals surface area contributed by atoms with E-state index in [2.05, 4.69) is 5.32 Å². The molecule has 220 valence electrons. The molecule has 1 unspecified atom stereocenters. The molecule has 9 heteroatoms. The fraction of sp³-hybridized carbons (Fsp3) is 0.333. The highest BCUT2D eigenvalue weighted by Crippen LogP contribution is 2.43. The number of nitrogens with one attached hydrogen (secondary N) is 1. The van der Waals surface area contributed by atoms with Gasteiger partial charge in [0.1, 0.15) is 23.3 Å². The number of hydrogen-bond donors (Lipinski definition) is 2. The van der Waals surface area contributed by atoms with E-state index in [0.717, 1.165) is 5.56 Å². The Kier molecular flexibility index (Phi) is 9.01. The number of hydrogen-bond acceptors (Lipinski definition) is 7. The third-order valence-corrected chi connectivity index (χ3v) is 7.62. The quantitative estimate of drug-likeness (QED) is 0.284. The molecule has 1 amide bonds. The summed E-state index contributed by atoms with van der Waals surface area (Å²) in [5, 5.41) is 14.2. The van der Waals surface area contributed by atoms with E-state index in [1.54, 1.807) is 54.6 Å². The zero-order valence-corrected chi connectivity index (χ0v) is 23.5. The molecule has 0 radical (unpaired) electrons. The monoisotopic (exact) mass is 575 g/mol. The molecule has 0 aromatic heterocycles. The first-order valence-corrected chi connectivity index (χ1v) is 13.9. The van der Waals surface area contributed by atoms with Gasteiger partial charge in [0, 0.05) is 20.6 Å².